The fourth-order valence-electron chi connectivity index (χ4n) is 2.14. The van der Waals surface area contributed by atoms with Gasteiger partial charge in [-0.2, -0.15) is 0 Å². The average molecular weight is 212 g/mol. The second kappa shape index (κ2) is 3.67. The van der Waals surface area contributed by atoms with Crippen LogP contribution < -0.4 is 5.32 Å². The molecule has 2 saturated heterocycles. The van der Waals surface area contributed by atoms with Gasteiger partial charge in [0.15, 0.2) is 0 Å². The molecule has 0 aromatic carbocycles. The second-order valence-corrected chi connectivity index (χ2v) is 5.49. The summed E-state index contributed by atoms with van der Waals surface area (Å²) in [6.07, 6.45) is 0.900. The van der Waals surface area contributed by atoms with Gasteiger partial charge in [-0.3, -0.25) is 0 Å². The minimum Gasteiger partial charge on any atom is -0.444 e. The van der Waals surface area contributed by atoms with Gasteiger partial charge in [-0.05, 0) is 27.2 Å². The Bertz CT molecular complexity index is 260. The maximum atomic E-state index is 11.8. The minimum atomic E-state index is -0.383. The molecule has 2 atom stereocenters. The Morgan fingerprint density at radius 2 is 2.20 bits per heavy atom. The van der Waals surface area contributed by atoms with E-state index in [-0.39, 0.29) is 11.7 Å². The standard InChI is InChI=1S/C11H20N2O2/c1-11(2,3)15-10(14)13-5-4-9-8(7-13)6-12-9/h8-9,12H,4-7H2,1-3H3/t8-,9-/m1/s1. The van der Waals surface area contributed by atoms with Crippen molar-refractivity contribution in [1.82, 2.24) is 10.2 Å². The van der Waals surface area contributed by atoms with Crippen LogP contribution in [0.3, 0.4) is 0 Å². The number of hydrogen-bond acceptors (Lipinski definition) is 3. The van der Waals surface area contributed by atoms with Gasteiger partial charge in [0.2, 0.25) is 0 Å². The Labute approximate surface area is 91.0 Å². The topological polar surface area (TPSA) is 41.6 Å². The summed E-state index contributed by atoms with van der Waals surface area (Å²) < 4.78 is 5.35. The van der Waals surface area contributed by atoms with Gasteiger partial charge < -0.3 is 15.0 Å². The zero-order valence-electron chi connectivity index (χ0n) is 9.75. The molecule has 0 spiro atoms. The smallest absolute Gasteiger partial charge is 0.410 e. The van der Waals surface area contributed by atoms with Crippen molar-refractivity contribution in [3.05, 3.63) is 0 Å². The lowest BCUT2D eigenvalue weighted by Crippen LogP contribution is -2.62. The van der Waals surface area contributed by atoms with Gasteiger partial charge in [-0.15, -0.1) is 0 Å². The van der Waals surface area contributed by atoms with Crippen LogP contribution in [-0.4, -0.2) is 42.3 Å². The molecule has 2 heterocycles. The third kappa shape index (κ3) is 2.43. The predicted octanol–water partition coefficient (Wildman–Crippen LogP) is 1.22. The van der Waals surface area contributed by atoms with Crippen LogP contribution in [0.25, 0.3) is 0 Å². The predicted molar refractivity (Wildman–Crippen MR) is 57.7 cm³/mol. The van der Waals surface area contributed by atoms with Crippen molar-refractivity contribution in [1.29, 1.82) is 0 Å². The Hall–Kier alpha value is -0.770. The molecule has 0 bridgehead atoms. The van der Waals surface area contributed by atoms with Gasteiger partial charge in [0.1, 0.15) is 5.60 Å². The van der Waals surface area contributed by atoms with E-state index in [1.54, 1.807) is 0 Å². The summed E-state index contributed by atoms with van der Waals surface area (Å²) in [6.45, 7) is 8.44. The number of ether oxygens (including phenoxy) is 1. The second-order valence-electron chi connectivity index (χ2n) is 5.49. The van der Waals surface area contributed by atoms with E-state index in [1.165, 1.54) is 0 Å². The number of hydrogen-bond donors (Lipinski definition) is 1. The van der Waals surface area contributed by atoms with E-state index >= 15 is 0 Å². The lowest BCUT2D eigenvalue weighted by Gasteiger charge is -2.46. The molecule has 0 radical (unpaired) electrons. The van der Waals surface area contributed by atoms with Crippen molar-refractivity contribution >= 4 is 6.09 Å². The van der Waals surface area contributed by atoms with Gasteiger partial charge in [-0.1, -0.05) is 0 Å². The number of nitrogens with one attached hydrogen (secondary N) is 1. The summed E-state index contributed by atoms with van der Waals surface area (Å²) in [4.78, 5) is 13.6. The van der Waals surface area contributed by atoms with Gasteiger partial charge >= 0.3 is 6.09 Å². The van der Waals surface area contributed by atoms with Crippen molar-refractivity contribution in [2.75, 3.05) is 19.6 Å². The Morgan fingerprint density at radius 1 is 1.47 bits per heavy atom. The molecule has 0 unspecified atom stereocenters. The number of carbonyl (C=O) groups excluding carboxylic acids is 1. The molecule has 86 valence electrons. The average Bonchev–Trinajstić information content (AvgIpc) is 2.04. The third-order valence-electron chi connectivity index (χ3n) is 3.03. The van der Waals surface area contributed by atoms with Crippen molar-refractivity contribution in [3.8, 4) is 0 Å². The van der Waals surface area contributed by atoms with Crippen molar-refractivity contribution in [2.45, 2.75) is 38.8 Å². The summed E-state index contributed by atoms with van der Waals surface area (Å²) in [5.41, 5.74) is -0.383. The van der Waals surface area contributed by atoms with E-state index in [0.717, 1.165) is 26.1 Å². The zero-order valence-corrected chi connectivity index (χ0v) is 9.75. The molecule has 0 aromatic rings. The van der Waals surface area contributed by atoms with E-state index in [2.05, 4.69) is 5.32 Å². The molecule has 2 rings (SSSR count). The number of amides is 1. The molecule has 2 aliphatic rings. The Balaban J connectivity index is 1.86. The number of piperidine rings is 1. The monoisotopic (exact) mass is 212 g/mol. The molecule has 15 heavy (non-hydrogen) atoms. The van der Waals surface area contributed by atoms with Crippen LogP contribution in [0.2, 0.25) is 0 Å². The molecule has 1 N–H and O–H groups in total. The van der Waals surface area contributed by atoms with Gasteiger partial charge in [-0.25, -0.2) is 4.79 Å². The highest BCUT2D eigenvalue weighted by Crippen LogP contribution is 2.24. The lowest BCUT2D eigenvalue weighted by molar-refractivity contribution is 0.00493. The van der Waals surface area contributed by atoms with Gasteiger partial charge in [0, 0.05) is 31.6 Å². The van der Waals surface area contributed by atoms with E-state index < -0.39 is 0 Å². The van der Waals surface area contributed by atoms with Gasteiger partial charge in [0.05, 0.1) is 0 Å². The highest BCUT2D eigenvalue weighted by Gasteiger charge is 2.38. The Morgan fingerprint density at radius 3 is 2.67 bits per heavy atom. The number of likely N-dealkylation sites (tertiary alicyclic amines) is 1. The summed E-state index contributed by atoms with van der Waals surface area (Å²) in [7, 11) is 0. The number of carbonyl (C=O) groups is 1. The van der Waals surface area contributed by atoms with Crippen LogP contribution in [0.5, 0.6) is 0 Å². The fourth-order valence-corrected chi connectivity index (χ4v) is 2.14. The molecular weight excluding hydrogens is 192 g/mol. The fraction of sp³-hybridized carbons (Fsp3) is 0.909. The van der Waals surface area contributed by atoms with E-state index in [9.17, 15) is 4.79 Å². The first-order chi connectivity index (χ1) is 6.96. The minimum absolute atomic E-state index is 0.159. The number of nitrogens with zero attached hydrogens (tertiary/aromatic N) is 1. The molecular formula is C11H20N2O2. The molecule has 4 nitrogen and oxygen atoms in total. The molecule has 2 aliphatic heterocycles. The first-order valence-electron chi connectivity index (χ1n) is 5.67. The summed E-state index contributed by atoms with van der Waals surface area (Å²) >= 11 is 0. The third-order valence-corrected chi connectivity index (χ3v) is 3.03. The van der Waals surface area contributed by atoms with E-state index in [1.807, 2.05) is 25.7 Å². The summed E-state index contributed by atoms with van der Waals surface area (Å²) in [6, 6.07) is 0.642. The highest BCUT2D eigenvalue weighted by atomic mass is 16.6. The van der Waals surface area contributed by atoms with Crippen LogP contribution in [-0.2, 0) is 4.74 Å². The highest BCUT2D eigenvalue weighted by molar-refractivity contribution is 5.68. The van der Waals surface area contributed by atoms with Crippen LogP contribution in [0.4, 0.5) is 4.79 Å². The summed E-state index contributed by atoms with van der Waals surface area (Å²) in [5.74, 6) is 0.645. The Kier molecular flexibility index (Phi) is 2.63. The number of fused-ring (bicyclic) bond motifs is 1. The molecule has 1 amide bonds. The first-order valence-corrected chi connectivity index (χ1v) is 5.67. The van der Waals surface area contributed by atoms with Crippen molar-refractivity contribution < 1.29 is 9.53 Å². The van der Waals surface area contributed by atoms with E-state index in [4.69, 9.17) is 4.74 Å². The molecule has 0 aliphatic carbocycles. The van der Waals surface area contributed by atoms with Gasteiger partial charge in [0.25, 0.3) is 0 Å². The molecule has 0 saturated carbocycles. The lowest BCUT2D eigenvalue weighted by atomic mass is 9.85. The maximum Gasteiger partial charge on any atom is 0.410 e. The zero-order chi connectivity index (χ0) is 11.1. The van der Waals surface area contributed by atoms with Crippen LogP contribution in [0.1, 0.15) is 27.2 Å². The van der Waals surface area contributed by atoms with Crippen LogP contribution in [0, 0.1) is 5.92 Å². The van der Waals surface area contributed by atoms with Crippen molar-refractivity contribution in [3.63, 3.8) is 0 Å². The van der Waals surface area contributed by atoms with Crippen molar-refractivity contribution in [2.24, 2.45) is 5.92 Å². The summed E-state index contributed by atoms with van der Waals surface area (Å²) in [5, 5.41) is 3.38. The normalized spacial score (nSPS) is 30.5. The molecule has 4 heteroatoms. The molecule has 0 aromatic heterocycles. The number of rotatable bonds is 0. The quantitative estimate of drug-likeness (QED) is 0.656. The largest absolute Gasteiger partial charge is 0.444 e. The first kappa shape index (κ1) is 10.7. The van der Waals surface area contributed by atoms with Crippen LogP contribution in [0.15, 0.2) is 0 Å². The molecule has 2 fully saturated rings. The van der Waals surface area contributed by atoms with Crippen LogP contribution >= 0.6 is 0 Å². The van der Waals surface area contributed by atoms with E-state index in [0.29, 0.717) is 12.0 Å². The maximum absolute atomic E-state index is 11.8. The SMILES string of the molecule is CC(C)(C)OC(=O)N1CC[C@H]2NC[C@@H]2C1.